The van der Waals surface area contributed by atoms with E-state index in [1.807, 2.05) is 6.07 Å². The number of fused-ring (bicyclic) bond motifs is 1. The van der Waals surface area contributed by atoms with Gasteiger partial charge in [0.25, 0.3) is 0 Å². The maximum absolute atomic E-state index is 14.0. The number of hydrogen-bond donors (Lipinski definition) is 1. The molecule has 1 aromatic carbocycles. The van der Waals surface area contributed by atoms with Crippen molar-refractivity contribution in [3.05, 3.63) is 57.2 Å². The number of benzene rings is 1. The summed E-state index contributed by atoms with van der Waals surface area (Å²) in [7, 11) is -2.14. The van der Waals surface area contributed by atoms with Gasteiger partial charge < -0.3 is 10.2 Å². The number of anilines is 1. The molecule has 1 aliphatic carbocycles. The molecule has 0 bridgehead atoms. The third kappa shape index (κ3) is 5.70. The van der Waals surface area contributed by atoms with Gasteiger partial charge in [-0.2, -0.15) is 13.2 Å². The molecule has 2 aromatic rings. The minimum absolute atomic E-state index is 0.0240. The lowest BCUT2D eigenvalue weighted by molar-refractivity contribution is -0.190. The molecule has 0 radical (unpaired) electrons. The van der Waals surface area contributed by atoms with Crippen LogP contribution in [0.2, 0.25) is 10.0 Å². The number of pyridine rings is 1. The van der Waals surface area contributed by atoms with E-state index in [0.29, 0.717) is 33.6 Å². The molecule has 2 heterocycles. The first-order valence-corrected chi connectivity index (χ1v) is 13.7. The molecule has 12 heteroatoms. The molecular formula is C23H24Cl2F3N3O3S. The fraction of sp³-hybridized carbons (Fsp3) is 0.478. The zero-order chi connectivity index (χ0) is 25.5. The van der Waals surface area contributed by atoms with E-state index in [0.717, 1.165) is 24.4 Å². The molecule has 1 saturated heterocycles. The first-order chi connectivity index (χ1) is 16.4. The fourth-order valence-electron chi connectivity index (χ4n) is 4.78. The molecular weight excluding hydrogens is 526 g/mol. The average Bonchev–Trinajstić information content (AvgIpc) is 3.19. The second-order valence-corrected chi connectivity index (χ2v) is 12.1. The van der Waals surface area contributed by atoms with Crippen LogP contribution in [0.5, 0.6) is 0 Å². The predicted molar refractivity (Wildman–Crippen MR) is 128 cm³/mol. The molecule has 6 nitrogen and oxygen atoms in total. The summed E-state index contributed by atoms with van der Waals surface area (Å²) < 4.78 is 65.2. The maximum Gasteiger partial charge on any atom is 0.413 e. The highest BCUT2D eigenvalue weighted by molar-refractivity contribution is 7.91. The van der Waals surface area contributed by atoms with Crippen LogP contribution in [0.4, 0.5) is 19.0 Å². The molecule has 0 spiro atoms. The second-order valence-electron chi connectivity index (χ2n) is 9.04. The molecule has 2 aliphatic rings. The van der Waals surface area contributed by atoms with Gasteiger partial charge in [-0.15, -0.1) is 0 Å². The Kier molecular flexibility index (Phi) is 7.28. The van der Waals surface area contributed by atoms with Crippen LogP contribution in [-0.2, 0) is 27.5 Å². The molecule has 0 saturated carbocycles. The second kappa shape index (κ2) is 9.78. The number of halogens is 5. The van der Waals surface area contributed by atoms with Crippen LogP contribution in [0.3, 0.4) is 0 Å². The van der Waals surface area contributed by atoms with Gasteiger partial charge in [0.15, 0.2) is 6.04 Å². The number of sulfone groups is 1. The largest absolute Gasteiger partial charge is 0.413 e. The van der Waals surface area contributed by atoms with Crippen molar-refractivity contribution in [2.24, 2.45) is 5.92 Å². The van der Waals surface area contributed by atoms with Gasteiger partial charge in [-0.05, 0) is 48.9 Å². The molecule has 1 aromatic heterocycles. The van der Waals surface area contributed by atoms with Crippen molar-refractivity contribution in [3.8, 4) is 0 Å². The van der Waals surface area contributed by atoms with E-state index in [2.05, 4.69) is 10.3 Å². The number of alkyl halides is 3. The lowest BCUT2D eigenvalue weighted by atomic mass is 9.99. The van der Waals surface area contributed by atoms with E-state index in [1.54, 1.807) is 6.07 Å². The lowest BCUT2D eigenvalue weighted by Crippen LogP contribution is -2.44. The van der Waals surface area contributed by atoms with Crippen molar-refractivity contribution in [2.45, 2.75) is 43.9 Å². The van der Waals surface area contributed by atoms with Gasteiger partial charge in [0.2, 0.25) is 5.91 Å². The monoisotopic (exact) mass is 549 g/mol. The van der Waals surface area contributed by atoms with Crippen LogP contribution in [0.15, 0.2) is 30.5 Å². The van der Waals surface area contributed by atoms with Crippen molar-refractivity contribution >= 4 is 44.8 Å². The van der Waals surface area contributed by atoms with E-state index >= 15 is 0 Å². The van der Waals surface area contributed by atoms with E-state index in [9.17, 15) is 26.4 Å². The molecule has 35 heavy (non-hydrogen) atoms. The lowest BCUT2D eigenvalue weighted by Gasteiger charge is -2.33. The summed E-state index contributed by atoms with van der Waals surface area (Å²) in [4.78, 5) is 17.6. The van der Waals surface area contributed by atoms with Crippen LogP contribution < -0.4 is 5.32 Å². The molecule has 4 rings (SSSR count). The number of hydrogen-bond acceptors (Lipinski definition) is 5. The highest BCUT2D eigenvalue weighted by atomic mass is 35.5. The Bertz CT molecular complexity index is 1210. The smallest absolute Gasteiger partial charge is 0.367 e. The number of carbonyl (C=O) groups is 1. The summed E-state index contributed by atoms with van der Waals surface area (Å²) in [5.74, 6) is -1.46. The first-order valence-electron chi connectivity index (χ1n) is 11.1. The van der Waals surface area contributed by atoms with Gasteiger partial charge >= 0.3 is 6.18 Å². The average molecular weight is 550 g/mol. The van der Waals surface area contributed by atoms with Crippen molar-refractivity contribution in [1.29, 1.82) is 0 Å². The zero-order valence-corrected chi connectivity index (χ0v) is 21.1. The Hall–Kier alpha value is -2.04. The van der Waals surface area contributed by atoms with E-state index in [-0.39, 0.29) is 36.0 Å². The summed E-state index contributed by atoms with van der Waals surface area (Å²) in [6.45, 7) is 0. The van der Waals surface area contributed by atoms with Crippen molar-refractivity contribution in [1.82, 2.24) is 9.88 Å². The molecule has 1 unspecified atom stereocenters. The van der Waals surface area contributed by atoms with Crippen LogP contribution in [-0.4, -0.2) is 55.0 Å². The SMILES string of the molecule is CN(C(=O)C1CCS(=O)(=O)CC1)[C@@H](c1ccc(NC2Cc3ccc(Cl)c(Cl)c3C2)nc1)C(F)(F)F. The first kappa shape index (κ1) is 26.0. The predicted octanol–water partition coefficient (Wildman–Crippen LogP) is 4.85. The summed E-state index contributed by atoms with van der Waals surface area (Å²) in [5.41, 5.74) is 1.83. The van der Waals surface area contributed by atoms with E-state index < -0.39 is 33.9 Å². The number of carbonyl (C=O) groups excluding carboxylic acids is 1. The highest BCUT2D eigenvalue weighted by Crippen LogP contribution is 2.39. The molecule has 2 atom stereocenters. The third-order valence-electron chi connectivity index (χ3n) is 6.61. The van der Waals surface area contributed by atoms with Gasteiger partial charge in [-0.1, -0.05) is 35.3 Å². The maximum atomic E-state index is 14.0. The topological polar surface area (TPSA) is 79.4 Å². The number of nitrogens with one attached hydrogen (secondary N) is 1. The fourth-order valence-corrected chi connectivity index (χ4v) is 6.71. The number of amides is 1. The quantitative estimate of drug-likeness (QED) is 0.576. The van der Waals surface area contributed by atoms with Crippen molar-refractivity contribution in [3.63, 3.8) is 0 Å². The van der Waals surface area contributed by atoms with Gasteiger partial charge in [-0.3, -0.25) is 4.79 Å². The number of nitrogens with zero attached hydrogens (tertiary/aromatic N) is 2. The number of aromatic nitrogens is 1. The normalized spacial score (nSPS) is 20.8. The Morgan fingerprint density at radius 2 is 1.83 bits per heavy atom. The molecule has 190 valence electrons. The molecule has 1 fully saturated rings. The summed E-state index contributed by atoms with van der Waals surface area (Å²) >= 11 is 12.4. The van der Waals surface area contributed by atoms with Crippen molar-refractivity contribution < 1.29 is 26.4 Å². The van der Waals surface area contributed by atoms with Gasteiger partial charge in [0.05, 0.1) is 21.6 Å². The molecule has 1 N–H and O–H groups in total. The van der Waals surface area contributed by atoms with E-state index in [4.69, 9.17) is 23.2 Å². The van der Waals surface area contributed by atoms with E-state index in [1.165, 1.54) is 12.1 Å². The Morgan fingerprint density at radius 1 is 1.14 bits per heavy atom. The molecule has 1 aliphatic heterocycles. The van der Waals surface area contributed by atoms with Crippen LogP contribution >= 0.6 is 23.2 Å². The summed E-state index contributed by atoms with van der Waals surface area (Å²) in [5, 5.41) is 4.20. The zero-order valence-electron chi connectivity index (χ0n) is 18.8. The van der Waals surface area contributed by atoms with Crippen LogP contribution in [0, 0.1) is 5.92 Å². The van der Waals surface area contributed by atoms with Crippen LogP contribution in [0.1, 0.15) is 35.6 Å². The standard InChI is InChI=1S/C23H24Cl2F3N3O3S/c1-31(22(32)13-6-8-35(33,34)9-7-13)21(23(26,27)28)15-3-5-19(29-12-15)30-16-10-14-2-4-18(24)20(25)17(14)11-16/h2-5,12-13,16,21H,6-11H2,1H3,(H,29,30)/t16?,21-/m0/s1. The highest BCUT2D eigenvalue weighted by Gasteiger charge is 2.47. The molecule has 1 amide bonds. The van der Waals surface area contributed by atoms with Gasteiger partial charge in [0, 0.05) is 30.8 Å². The Labute approximate surface area is 211 Å². The van der Waals surface area contributed by atoms with Gasteiger partial charge in [0.1, 0.15) is 15.7 Å². The van der Waals surface area contributed by atoms with Crippen molar-refractivity contribution in [2.75, 3.05) is 23.9 Å². The Morgan fingerprint density at radius 3 is 2.43 bits per heavy atom. The third-order valence-corrected chi connectivity index (χ3v) is 9.17. The van der Waals surface area contributed by atoms with Crippen LogP contribution in [0.25, 0.3) is 0 Å². The summed E-state index contributed by atoms with van der Waals surface area (Å²) in [6.07, 6.45) is -2.29. The van der Waals surface area contributed by atoms with Gasteiger partial charge in [-0.25, -0.2) is 13.4 Å². The summed E-state index contributed by atoms with van der Waals surface area (Å²) in [6, 6.07) is 4.17. The Balaban J connectivity index is 1.46. The minimum atomic E-state index is -4.73. The minimum Gasteiger partial charge on any atom is -0.367 e. The number of rotatable bonds is 5.